The molecule has 2 heterocycles. The van der Waals surface area contributed by atoms with Crippen LogP contribution in [0.2, 0.25) is 0 Å². The molecule has 1 saturated heterocycles. The predicted molar refractivity (Wildman–Crippen MR) is 92.3 cm³/mol. The van der Waals surface area contributed by atoms with Crippen LogP contribution < -0.4 is 5.32 Å². The van der Waals surface area contributed by atoms with Gasteiger partial charge in [0.1, 0.15) is 0 Å². The van der Waals surface area contributed by atoms with Gasteiger partial charge in [-0.15, -0.1) is 0 Å². The Morgan fingerprint density at radius 3 is 2.76 bits per heavy atom. The maximum Gasteiger partial charge on any atom is 0.0410 e. The van der Waals surface area contributed by atoms with Crippen molar-refractivity contribution in [2.45, 2.75) is 59.2 Å². The van der Waals surface area contributed by atoms with E-state index < -0.39 is 0 Å². The summed E-state index contributed by atoms with van der Waals surface area (Å²) in [5.41, 5.74) is 1.59. The summed E-state index contributed by atoms with van der Waals surface area (Å²) in [6.07, 6.45) is 6.33. The molecular weight excluding hydrogens is 326 g/mol. The first kappa shape index (κ1) is 16.9. The molecule has 1 aromatic rings. The standard InChI is InChI=1S/C17H28BrN3/c1-5-6-15-10-20-16(17(2,3)4)12-21(15)11-13-7-14(18)9-19-8-13/h7-9,15-16,20H,5-6,10-12H2,1-4H3. The molecular formula is C17H28BrN3. The average molecular weight is 354 g/mol. The molecule has 1 fully saturated rings. The maximum absolute atomic E-state index is 4.30. The third-order valence-electron chi connectivity index (χ3n) is 4.35. The largest absolute Gasteiger partial charge is 0.311 e. The maximum atomic E-state index is 4.30. The van der Waals surface area contributed by atoms with E-state index >= 15 is 0 Å². The van der Waals surface area contributed by atoms with Gasteiger partial charge >= 0.3 is 0 Å². The van der Waals surface area contributed by atoms with Gasteiger partial charge in [-0.3, -0.25) is 9.88 Å². The highest BCUT2D eigenvalue weighted by molar-refractivity contribution is 9.10. The first-order chi connectivity index (χ1) is 9.90. The highest BCUT2D eigenvalue weighted by atomic mass is 79.9. The zero-order valence-corrected chi connectivity index (χ0v) is 15.3. The Kier molecular flexibility index (Phi) is 5.81. The Hall–Kier alpha value is -0.450. The van der Waals surface area contributed by atoms with Gasteiger partial charge in [0.25, 0.3) is 0 Å². The zero-order chi connectivity index (χ0) is 15.5. The number of nitrogens with one attached hydrogen (secondary N) is 1. The molecule has 0 aliphatic carbocycles. The molecule has 0 bridgehead atoms. The van der Waals surface area contributed by atoms with Gasteiger partial charge in [-0.2, -0.15) is 0 Å². The minimum Gasteiger partial charge on any atom is -0.311 e. The van der Waals surface area contributed by atoms with Gasteiger partial charge in [0.15, 0.2) is 0 Å². The topological polar surface area (TPSA) is 28.2 Å². The second-order valence-corrected chi connectivity index (χ2v) is 8.13. The van der Waals surface area contributed by atoms with Crippen LogP contribution in [0, 0.1) is 5.41 Å². The van der Waals surface area contributed by atoms with Crippen molar-refractivity contribution in [3.8, 4) is 0 Å². The number of aromatic nitrogens is 1. The van der Waals surface area contributed by atoms with Crippen LogP contribution in [0.25, 0.3) is 0 Å². The lowest BCUT2D eigenvalue weighted by Gasteiger charge is -2.45. The SMILES string of the molecule is CCCC1CNC(C(C)(C)C)CN1Cc1cncc(Br)c1. The first-order valence-electron chi connectivity index (χ1n) is 7.97. The van der Waals surface area contributed by atoms with E-state index in [2.05, 4.69) is 64.9 Å². The van der Waals surface area contributed by atoms with Gasteiger partial charge in [-0.25, -0.2) is 0 Å². The van der Waals surface area contributed by atoms with Crippen molar-refractivity contribution in [3.05, 3.63) is 28.5 Å². The fourth-order valence-electron chi connectivity index (χ4n) is 3.02. The monoisotopic (exact) mass is 353 g/mol. The molecule has 2 unspecified atom stereocenters. The Morgan fingerprint density at radius 2 is 2.14 bits per heavy atom. The number of halogens is 1. The molecule has 2 atom stereocenters. The van der Waals surface area contributed by atoms with Crippen LogP contribution in [0.4, 0.5) is 0 Å². The fourth-order valence-corrected chi connectivity index (χ4v) is 3.44. The smallest absolute Gasteiger partial charge is 0.0410 e. The van der Waals surface area contributed by atoms with E-state index in [4.69, 9.17) is 0 Å². The summed E-state index contributed by atoms with van der Waals surface area (Å²) < 4.78 is 1.06. The molecule has 4 heteroatoms. The first-order valence-corrected chi connectivity index (χ1v) is 8.76. The molecule has 2 rings (SSSR count). The predicted octanol–water partition coefficient (Wildman–Crippen LogP) is 3.83. The van der Waals surface area contributed by atoms with Crippen LogP contribution in [0.3, 0.4) is 0 Å². The van der Waals surface area contributed by atoms with Crippen molar-refractivity contribution in [2.24, 2.45) is 5.41 Å². The van der Waals surface area contributed by atoms with Crippen molar-refractivity contribution in [1.82, 2.24) is 15.2 Å². The molecule has 0 aromatic carbocycles. The van der Waals surface area contributed by atoms with Gasteiger partial charge in [0, 0.05) is 48.6 Å². The third kappa shape index (κ3) is 4.76. The van der Waals surface area contributed by atoms with Crippen LogP contribution in [-0.2, 0) is 6.54 Å². The third-order valence-corrected chi connectivity index (χ3v) is 4.78. The van der Waals surface area contributed by atoms with Gasteiger partial charge in [0.05, 0.1) is 0 Å². The molecule has 0 saturated carbocycles. The van der Waals surface area contributed by atoms with Crippen LogP contribution in [-0.4, -0.2) is 35.1 Å². The molecule has 0 spiro atoms. The Balaban J connectivity index is 2.10. The van der Waals surface area contributed by atoms with Crippen molar-refractivity contribution < 1.29 is 0 Å². The molecule has 118 valence electrons. The molecule has 1 aliphatic rings. The minimum absolute atomic E-state index is 0.297. The lowest BCUT2D eigenvalue weighted by atomic mass is 9.84. The summed E-state index contributed by atoms with van der Waals surface area (Å²) in [5, 5.41) is 3.75. The van der Waals surface area contributed by atoms with Crippen LogP contribution in [0.1, 0.15) is 46.1 Å². The average Bonchev–Trinajstić information content (AvgIpc) is 2.40. The Labute approximate surface area is 137 Å². The lowest BCUT2D eigenvalue weighted by Crippen LogP contribution is -2.59. The second kappa shape index (κ2) is 7.21. The van der Waals surface area contributed by atoms with Gasteiger partial charge in [-0.1, -0.05) is 34.1 Å². The molecule has 21 heavy (non-hydrogen) atoms. The molecule has 1 aliphatic heterocycles. The summed E-state index contributed by atoms with van der Waals surface area (Å²) >= 11 is 3.52. The number of pyridine rings is 1. The van der Waals surface area contributed by atoms with E-state index in [9.17, 15) is 0 Å². The Bertz CT molecular complexity index is 456. The van der Waals surface area contributed by atoms with E-state index in [-0.39, 0.29) is 0 Å². The summed E-state index contributed by atoms with van der Waals surface area (Å²) in [6.45, 7) is 12.4. The van der Waals surface area contributed by atoms with Crippen molar-refractivity contribution >= 4 is 15.9 Å². The second-order valence-electron chi connectivity index (χ2n) is 7.21. The number of hydrogen-bond acceptors (Lipinski definition) is 3. The van der Waals surface area contributed by atoms with Crippen LogP contribution in [0.5, 0.6) is 0 Å². The van der Waals surface area contributed by atoms with Crippen molar-refractivity contribution in [3.63, 3.8) is 0 Å². The lowest BCUT2D eigenvalue weighted by molar-refractivity contribution is 0.0747. The highest BCUT2D eigenvalue weighted by Crippen LogP contribution is 2.26. The number of hydrogen-bond donors (Lipinski definition) is 1. The highest BCUT2D eigenvalue weighted by Gasteiger charge is 2.33. The molecule has 0 radical (unpaired) electrons. The number of rotatable bonds is 4. The molecule has 3 nitrogen and oxygen atoms in total. The summed E-state index contributed by atoms with van der Waals surface area (Å²) in [7, 11) is 0. The van der Waals surface area contributed by atoms with E-state index in [1.807, 2.05) is 12.4 Å². The van der Waals surface area contributed by atoms with Crippen molar-refractivity contribution in [1.29, 1.82) is 0 Å². The fraction of sp³-hybridized carbons (Fsp3) is 0.706. The normalized spacial score (nSPS) is 24.2. The van der Waals surface area contributed by atoms with E-state index in [0.717, 1.165) is 24.1 Å². The van der Waals surface area contributed by atoms with Crippen LogP contribution in [0.15, 0.2) is 22.9 Å². The van der Waals surface area contributed by atoms with E-state index in [1.165, 1.54) is 18.4 Å². The summed E-state index contributed by atoms with van der Waals surface area (Å²) in [4.78, 5) is 6.94. The summed E-state index contributed by atoms with van der Waals surface area (Å²) in [6, 6.07) is 3.36. The van der Waals surface area contributed by atoms with Gasteiger partial charge in [0.2, 0.25) is 0 Å². The number of piperazine rings is 1. The van der Waals surface area contributed by atoms with Crippen molar-refractivity contribution in [2.75, 3.05) is 13.1 Å². The zero-order valence-electron chi connectivity index (χ0n) is 13.7. The van der Waals surface area contributed by atoms with Gasteiger partial charge in [-0.05, 0) is 39.4 Å². The minimum atomic E-state index is 0.297. The summed E-state index contributed by atoms with van der Waals surface area (Å²) in [5.74, 6) is 0. The molecule has 0 amide bonds. The Morgan fingerprint density at radius 1 is 1.38 bits per heavy atom. The molecule has 1 aromatic heterocycles. The molecule has 1 N–H and O–H groups in total. The van der Waals surface area contributed by atoms with Gasteiger partial charge < -0.3 is 5.32 Å². The van der Waals surface area contributed by atoms with E-state index in [0.29, 0.717) is 17.5 Å². The number of nitrogens with zero attached hydrogens (tertiary/aromatic N) is 2. The van der Waals surface area contributed by atoms with Crippen LogP contribution >= 0.6 is 15.9 Å². The van der Waals surface area contributed by atoms with E-state index in [1.54, 1.807) is 0 Å². The quantitative estimate of drug-likeness (QED) is 0.891.